The number of thiazole rings is 1. The normalized spacial score (nSPS) is 11.3. The van der Waals surface area contributed by atoms with Crippen molar-refractivity contribution in [3.8, 4) is 11.8 Å². The van der Waals surface area contributed by atoms with Gasteiger partial charge < -0.3 is 4.74 Å². The van der Waals surface area contributed by atoms with E-state index in [1.807, 2.05) is 63.2 Å². The molecule has 0 aliphatic heterocycles. The van der Waals surface area contributed by atoms with Gasteiger partial charge in [0.05, 0.1) is 6.10 Å². The van der Waals surface area contributed by atoms with Gasteiger partial charge in [-0.05, 0) is 50.1 Å². The van der Waals surface area contributed by atoms with Crippen LogP contribution in [0.5, 0.6) is 5.75 Å². The Morgan fingerprint density at radius 3 is 2.81 bits per heavy atom. The number of para-hydroxylation sites is 1. The van der Waals surface area contributed by atoms with Crippen molar-refractivity contribution >= 4 is 40.1 Å². The lowest BCUT2D eigenvalue weighted by Crippen LogP contribution is -2.13. The van der Waals surface area contributed by atoms with Gasteiger partial charge in [-0.1, -0.05) is 41.9 Å². The van der Waals surface area contributed by atoms with Gasteiger partial charge >= 0.3 is 0 Å². The van der Waals surface area contributed by atoms with Gasteiger partial charge in [-0.25, -0.2) is 4.98 Å². The second-order valence-corrected chi connectivity index (χ2v) is 8.74. The van der Waals surface area contributed by atoms with Crippen LogP contribution in [0.25, 0.3) is 6.08 Å². The van der Waals surface area contributed by atoms with Gasteiger partial charge in [0.1, 0.15) is 17.4 Å². The van der Waals surface area contributed by atoms with Crippen molar-refractivity contribution < 1.29 is 9.53 Å². The molecule has 5 nitrogen and oxygen atoms in total. The van der Waals surface area contributed by atoms with E-state index in [4.69, 9.17) is 16.3 Å². The Hall–Kier alpha value is -3.14. The molecule has 0 unspecified atom stereocenters. The minimum atomic E-state index is -0.513. The third-order valence-corrected chi connectivity index (χ3v) is 5.66. The number of nitrogens with zero attached hydrogens (tertiary/aromatic N) is 2. The number of aromatic nitrogens is 1. The fraction of sp³-hybridized carbons (Fsp3) is 0.208. The molecule has 1 N–H and O–H groups in total. The number of rotatable bonds is 7. The van der Waals surface area contributed by atoms with Gasteiger partial charge in [-0.3, -0.25) is 10.1 Å². The minimum Gasteiger partial charge on any atom is -0.490 e. The molecule has 0 saturated heterocycles. The van der Waals surface area contributed by atoms with E-state index in [9.17, 15) is 10.1 Å². The van der Waals surface area contributed by atoms with Crippen molar-refractivity contribution in [2.45, 2.75) is 33.3 Å². The second-order valence-electron chi connectivity index (χ2n) is 7.22. The number of halogens is 1. The number of benzene rings is 2. The van der Waals surface area contributed by atoms with Crippen LogP contribution in [0.2, 0.25) is 5.02 Å². The fourth-order valence-corrected chi connectivity index (χ4v) is 3.87. The summed E-state index contributed by atoms with van der Waals surface area (Å²) in [5, 5.41) is 13.4. The molecule has 158 valence electrons. The summed E-state index contributed by atoms with van der Waals surface area (Å²) in [6.07, 6.45) is 3.88. The summed E-state index contributed by atoms with van der Waals surface area (Å²) in [6.45, 7) is 5.80. The SMILES string of the molecule is Cc1ccc(Cc2cnc(NC(=O)/C(C#N)=C/c3ccccc3OC(C)C)s2)cc1Cl. The zero-order chi connectivity index (χ0) is 22.4. The maximum Gasteiger partial charge on any atom is 0.268 e. The Balaban J connectivity index is 1.73. The van der Waals surface area contributed by atoms with Gasteiger partial charge in [-0.15, -0.1) is 11.3 Å². The Morgan fingerprint density at radius 1 is 1.32 bits per heavy atom. The van der Waals surface area contributed by atoms with E-state index in [2.05, 4.69) is 10.3 Å². The molecule has 0 saturated carbocycles. The molecule has 0 radical (unpaired) electrons. The Bertz CT molecular complexity index is 1160. The summed E-state index contributed by atoms with van der Waals surface area (Å²) in [5.41, 5.74) is 2.73. The van der Waals surface area contributed by atoms with Gasteiger partial charge in [0.2, 0.25) is 0 Å². The number of hydrogen-bond acceptors (Lipinski definition) is 5. The third kappa shape index (κ3) is 6.17. The highest BCUT2D eigenvalue weighted by atomic mass is 35.5. The molecule has 0 aliphatic rings. The van der Waals surface area contributed by atoms with Crippen LogP contribution in [-0.2, 0) is 11.2 Å². The van der Waals surface area contributed by atoms with Crippen LogP contribution in [0, 0.1) is 18.3 Å². The quantitative estimate of drug-likeness (QED) is 0.351. The summed E-state index contributed by atoms with van der Waals surface area (Å²) in [6, 6.07) is 15.2. The molecule has 0 atom stereocenters. The highest BCUT2D eigenvalue weighted by molar-refractivity contribution is 7.15. The van der Waals surface area contributed by atoms with Gasteiger partial charge in [0, 0.05) is 28.1 Å². The first-order valence-electron chi connectivity index (χ1n) is 9.74. The van der Waals surface area contributed by atoms with E-state index in [0.717, 1.165) is 21.0 Å². The molecule has 0 bridgehead atoms. The Kier molecular flexibility index (Phi) is 7.45. The number of nitrogens with one attached hydrogen (secondary N) is 1. The lowest BCUT2D eigenvalue weighted by atomic mass is 10.1. The molecule has 0 spiro atoms. The van der Waals surface area contributed by atoms with E-state index < -0.39 is 5.91 Å². The maximum absolute atomic E-state index is 12.6. The van der Waals surface area contributed by atoms with Crippen molar-refractivity contribution in [1.82, 2.24) is 4.98 Å². The highest BCUT2D eigenvalue weighted by Crippen LogP contribution is 2.25. The standard InChI is InChI=1S/C24H22ClN3O2S/c1-15(2)30-22-7-5-4-6-18(22)12-19(13-26)23(29)28-24-27-14-20(31-24)10-17-9-8-16(3)21(25)11-17/h4-9,11-12,14-15H,10H2,1-3H3,(H,27,28,29)/b19-12+. The molecule has 3 rings (SSSR count). The topological polar surface area (TPSA) is 75.0 Å². The number of anilines is 1. The monoisotopic (exact) mass is 451 g/mol. The number of hydrogen-bond donors (Lipinski definition) is 1. The van der Waals surface area contributed by atoms with E-state index in [0.29, 0.717) is 22.9 Å². The zero-order valence-corrected chi connectivity index (χ0v) is 19.1. The van der Waals surface area contributed by atoms with Crippen LogP contribution in [0.15, 0.2) is 54.2 Å². The average Bonchev–Trinajstić information content (AvgIpc) is 3.16. The molecule has 0 aliphatic carbocycles. The summed E-state index contributed by atoms with van der Waals surface area (Å²) in [7, 11) is 0. The summed E-state index contributed by atoms with van der Waals surface area (Å²) < 4.78 is 5.76. The number of amides is 1. The van der Waals surface area contributed by atoms with Crippen LogP contribution >= 0.6 is 22.9 Å². The second kappa shape index (κ2) is 10.3. The molecule has 1 heterocycles. The number of aryl methyl sites for hydroxylation is 1. The number of carbonyl (C=O) groups is 1. The van der Waals surface area contributed by atoms with E-state index in [-0.39, 0.29) is 11.7 Å². The van der Waals surface area contributed by atoms with E-state index >= 15 is 0 Å². The fourth-order valence-electron chi connectivity index (χ4n) is 2.82. The van der Waals surface area contributed by atoms with E-state index in [1.165, 1.54) is 17.4 Å². The molecule has 3 aromatic rings. The molecular weight excluding hydrogens is 430 g/mol. The van der Waals surface area contributed by atoms with E-state index in [1.54, 1.807) is 12.3 Å². The smallest absolute Gasteiger partial charge is 0.268 e. The lowest BCUT2D eigenvalue weighted by Gasteiger charge is -2.12. The maximum atomic E-state index is 12.6. The molecular formula is C24H22ClN3O2S. The first-order valence-corrected chi connectivity index (χ1v) is 10.9. The molecule has 7 heteroatoms. The van der Waals surface area contributed by atoms with Crippen molar-refractivity contribution in [2.24, 2.45) is 0 Å². The molecule has 0 fully saturated rings. The van der Waals surface area contributed by atoms with Gasteiger partial charge in [0.25, 0.3) is 5.91 Å². The van der Waals surface area contributed by atoms with Crippen molar-refractivity contribution in [2.75, 3.05) is 5.32 Å². The summed E-state index contributed by atoms with van der Waals surface area (Å²) in [4.78, 5) is 17.9. The molecule has 2 aromatic carbocycles. The highest BCUT2D eigenvalue weighted by Gasteiger charge is 2.14. The number of nitriles is 1. The van der Waals surface area contributed by atoms with Crippen LogP contribution in [0.3, 0.4) is 0 Å². The minimum absolute atomic E-state index is 0.0222. The summed E-state index contributed by atoms with van der Waals surface area (Å²) in [5.74, 6) is 0.104. The Labute approximate surface area is 191 Å². The molecule has 1 aromatic heterocycles. The predicted octanol–water partition coefficient (Wildman–Crippen LogP) is 6.03. The zero-order valence-electron chi connectivity index (χ0n) is 17.5. The Morgan fingerprint density at radius 2 is 2.10 bits per heavy atom. The molecule has 31 heavy (non-hydrogen) atoms. The van der Waals surface area contributed by atoms with Crippen molar-refractivity contribution in [3.63, 3.8) is 0 Å². The largest absolute Gasteiger partial charge is 0.490 e. The lowest BCUT2D eigenvalue weighted by molar-refractivity contribution is -0.112. The first kappa shape index (κ1) is 22.5. The van der Waals surface area contributed by atoms with Crippen LogP contribution in [0.4, 0.5) is 5.13 Å². The van der Waals surface area contributed by atoms with Gasteiger partial charge in [0.15, 0.2) is 5.13 Å². The van der Waals surface area contributed by atoms with Crippen molar-refractivity contribution in [3.05, 3.63) is 80.8 Å². The summed E-state index contributed by atoms with van der Waals surface area (Å²) >= 11 is 7.56. The van der Waals surface area contributed by atoms with Crippen LogP contribution < -0.4 is 10.1 Å². The third-order valence-electron chi connectivity index (χ3n) is 4.34. The predicted molar refractivity (Wildman–Crippen MR) is 126 cm³/mol. The van der Waals surface area contributed by atoms with Gasteiger partial charge in [-0.2, -0.15) is 5.26 Å². The average molecular weight is 452 g/mol. The first-order chi connectivity index (χ1) is 14.9. The molecule has 1 amide bonds. The van der Waals surface area contributed by atoms with Crippen LogP contribution in [-0.4, -0.2) is 17.0 Å². The van der Waals surface area contributed by atoms with Crippen LogP contribution in [0.1, 0.15) is 35.4 Å². The number of ether oxygens (including phenoxy) is 1. The number of carbonyl (C=O) groups excluding carboxylic acids is 1. The van der Waals surface area contributed by atoms with Crippen molar-refractivity contribution in [1.29, 1.82) is 5.26 Å².